The van der Waals surface area contributed by atoms with Gasteiger partial charge < -0.3 is 20.1 Å². The third-order valence-corrected chi connectivity index (χ3v) is 4.59. The van der Waals surface area contributed by atoms with Crippen LogP contribution >= 0.6 is 11.3 Å². The summed E-state index contributed by atoms with van der Waals surface area (Å²) in [6, 6.07) is 9.42. The molecular formula is C19H20N2O6S. The number of amides is 2. The quantitative estimate of drug-likeness (QED) is 0.653. The second kappa shape index (κ2) is 10.2. The minimum Gasteiger partial charge on any atom is -0.465 e. The smallest absolute Gasteiger partial charge is 0.339 e. The van der Waals surface area contributed by atoms with E-state index in [1.54, 1.807) is 18.2 Å². The fraction of sp³-hybridized carbons (Fsp3) is 0.263. The van der Waals surface area contributed by atoms with Gasteiger partial charge in [-0.3, -0.25) is 14.4 Å². The van der Waals surface area contributed by atoms with Crippen molar-refractivity contribution in [2.24, 2.45) is 0 Å². The lowest BCUT2D eigenvalue weighted by molar-refractivity contribution is -0.147. The lowest BCUT2D eigenvalue weighted by Gasteiger charge is -2.16. The van der Waals surface area contributed by atoms with Gasteiger partial charge in [-0.15, -0.1) is 11.3 Å². The summed E-state index contributed by atoms with van der Waals surface area (Å²) in [6.07, 6.45) is -0.105. The first kappa shape index (κ1) is 21.1. The normalized spacial score (nSPS) is 11.2. The Labute approximate surface area is 165 Å². The molecule has 148 valence electrons. The van der Waals surface area contributed by atoms with Crippen molar-refractivity contribution in [2.75, 3.05) is 19.0 Å². The van der Waals surface area contributed by atoms with E-state index in [9.17, 15) is 19.2 Å². The number of thiophene rings is 1. The van der Waals surface area contributed by atoms with Crippen molar-refractivity contribution in [3.8, 4) is 0 Å². The summed E-state index contributed by atoms with van der Waals surface area (Å²) in [6.45, 7) is 0.837. The van der Waals surface area contributed by atoms with Gasteiger partial charge >= 0.3 is 11.9 Å². The molecule has 0 aliphatic carbocycles. The summed E-state index contributed by atoms with van der Waals surface area (Å²) < 4.78 is 9.66. The van der Waals surface area contributed by atoms with E-state index in [4.69, 9.17) is 4.74 Å². The van der Waals surface area contributed by atoms with Crippen LogP contribution < -0.4 is 10.6 Å². The van der Waals surface area contributed by atoms with Crippen LogP contribution in [0.25, 0.3) is 0 Å². The van der Waals surface area contributed by atoms with Gasteiger partial charge in [0.1, 0.15) is 0 Å². The van der Waals surface area contributed by atoms with Crippen LogP contribution in [0.5, 0.6) is 0 Å². The molecule has 1 aromatic carbocycles. The Kier molecular flexibility index (Phi) is 7.70. The molecule has 8 nitrogen and oxygen atoms in total. The Morgan fingerprint density at radius 3 is 2.50 bits per heavy atom. The van der Waals surface area contributed by atoms with E-state index >= 15 is 0 Å². The number of hydrogen-bond donors (Lipinski definition) is 2. The number of methoxy groups -OCH3 is 1. The van der Waals surface area contributed by atoms with Gasteiger partial charge in [-0.1, -0.05) is 18.2 Å². The molecule has 0 saturated heterocycles. The Morgan fingerprint density at radius 1 is 1.11 bits per heavy atom. The molecule has 9 heteroatoms. The molecule has 1 aromatic heterocycles. The molecule has 2 rings (SSSR count). The first-order valence-corrected chi connectivity index (χ1v) is 9.22. The van der Waals surface area contributed by atoms with Crippen molar-refractivity contribution >= 4 is 40.8 Å². The number of para-hydroxylation sites is 1. The van der Waals surface area contributed by atoms with Crippen molar-refractivity contribution < 1.29 is 28.7 Å². The van der Waals surface area contributed by atoms with Gasteiger partial charge in [-0.2, -0.15) is 0 Å². The molecule has 0 radical (unpaired) electrons. The zero-order chi connectivity index (χ0) is 20.5. The van der Waals surface area contributed by atoms with Crippen molar-refractivity contribution in [3.05, 3.63) is 52.2 Å². The van der Waals surface area contributed by atoms with E-state index in [0.29, 0.717) is 0 Å². The number of esters is 2. The molecule has 0 fully saturated rings. The predicted octanol–water partition coefficient (Wildman–Crippen LogP) is 2.28. The van der Waals surface area contributed by atoms with Crippen LogP contribution in [0.1, 0.15) is 34.6 Å². The van der Waals surface area contributed by atoms with E-state index in [-0.39, 0.29) is 23.6 Å². The molecule has 1 heterocycles. The standard InChI is InChI=1S/C19H20N2O6S/c1-12(22)20-15(16-8-5-9-28-16)10-18(24)27-11-17(23)21-14-7-4-3-6-13(14)19(25)26-2/h3-9,15H,10-11H2,1-2H3,(H,20,22)(H,21,23). The second-order valence-electron chi connectivity index (χ2n) is 5.72. The molecule has 2 aromatic rings. The lowest BCUT2D eigenvalue weighted by Crippen LogP contribution is -2.29. The van der Waals surface area contributed by atoms with Crippen LogP contribution in [-0.2, 0) is 23.9 Å². The van der Waals surface area contributed by atoms with Crippen molar-refractivity contribution in [3.63, 3.8) is 0 Å². The summed E-state index contributed by atoms with van der Waals surface area (Å²) in [7, 11) is 1.24. The maximum absolute atomic E-state index is 12.1. The maximum atomic E-state index is 12.1. The molecule has 0 aliphatic rings. The first-order chi connectivity index (χ1) is 13.4. The highest BCUT2D eigenvalue weighted by atomic mass is 32.1. The highest BCUT2D eigenvalue weighted by Crippen LogP contribution is 2.22. The Balaban J connectivity index is 1.91. The van der Waals surface area contributed by atoms with Crippen LogP contribution in [0.4, 0.5) is 5.69 Å². The molecule has 1 unspecified atom stereocenters. The van der Waals surface area contributed by atoms with Gasteiger partial charge in [-0.25, -0.2) is 4.79 Å². The molecule has 0 spiro atoms. The minimum atomic E-state index is -0.636. The zero-order valence-corrected chi connectivity index (χ0v) is 16.2. The molecular weight excluding hydrogens is 384 g/mol. The molecule has 0 saturated carbocycles. The van der Waals surface area contributed by atoms with Gasteiger partial charge in [-0.05, 0) is 23.6 Å². The predicted molar refractivity (Wildman–Crippen MR) is 103 cm³/mol. The fourth-order valence-corrected chi connectivity index (χ4v) is 3.17. The molecule has 2 N–H and O–H groups in total. The number of ether oxygens (including phenoxy) is 2. The molecule has 1 atom stereocenters. The van der Waals surface area contributed by atoms with Crippen LogP contribution in [0, 0.1) is 0 Å². The topological polar surface area (TPSA) is 111 Å². The van der Waals surface area contributed by atoms with Gasteiger partial charge in [0.25, 0.3) is 5.91 Å². The van der Waals surface area contributed by atoms with E-state index in [0.717, 1.165) is 4.88 Å². The Morgan fingerprint density at radius 2 is 1.86 bits per heavy atom. The van der Waals surface area contributed by atoms with Gasteiger partial charge in [0.2, 0.25) is 5.91 Å². The third-order valence-electron chi connectivity index (χ3n) is 3.61. The monoisotopic (exact) mass is 404 g/mol. The number of nitrogens with one attached hydrogen (secondary N) is 2. The van der Waals surface area contributed by atoms with Gasteiger partial charge in [0.05, 0.1) is 30.8 Å². The summed E-state index contributed by atoms with van der Waals surface area (Å²) in [4.78, 5) is 48.0. The molecule has 0 bridgehead atoms. The van der Waals surface area contributed by atoms with E-state index in [2.05, 4.69) is 15.4 Å². The molecule has 28 heavy (non-hydrogen) atoms. The van der Waals surface area contributed by atoms with Crippen LogP contribution in [0.2, 0.25) is 0 Å². The van der Waals surface area contributed by atoms with E-state index in [1.165, 1.54) is 37.5 Å². The number of carbonyl (C=O) groups is 4. The first-order valence-electron chi connectivity index (χ1n) is 8.34. The highest BCUT2D eigenvalue weighted by Gasteiger charge is 2.20. The van der Waals surface area contributed by atoms with Gasteiger partial charge in [0, 0.05) is 11.8 Å². The number of benzene rings is 1. The SMILES string of the molecule is COC(=O)c1ccccc1NC(=O)COC(=O)CC(NC(C)=O)c1cccs1. The lowest BCUT2D eigenvalue weighted by atomic mass is 10.1. The maximum Gasteiger partial charge on any atom is 0.339 e. The average molecular weight is 404 g/mol. The van der Waals surface area contributed by atoms with Crippen molar-refractivity contribution in [1.29, 1.82) is 0 Å². The number of carbonyl (C=O) groups excluding carboxylic acids is 4. The zero-order valence-electron chi connectivity index (χ0n) is 15.4. The largest absolute Gasteiger partial charge is 0.465 e. The van der Waals surface area contributed by atoms with Gasteiger partial charge in [0.15, 0.2) is 6.61 Å². The summed E-state index contributed by atoms with van der Waals surface area (Å²) in [5, 5.41) is 7.03. The van der Waals surface area contributed by atoms with E-state index < -0.39 is 30.5 Å². The van der Waals surface area contributed by atoms with E-state index in [1.807, 2.05) is 11.4 Å². The number of rotatable bonds is 8. The van der Waals surface area contributed by atoms with Crippen molar-refractivity contribution in [1.82, 2.24) is 5.32 Å². The van der Waals surface area contributed by atoms with Crippen LogP contribution in [0.15, 0.2) is 41.8 Å². The van der Waals surface area contributed by atoms with Crippen LogP contribution in [0.3, 0.4) is 0 Å². The summed E-state index contributed by atoms with van der Waals surface area (Å²) in [5.41, 5.74) is 0.443. The average Bonchev–Trinajstić information content (AvgIpc) is 3.20. The molecule has 2 amide bonds. The Bertz CT molecular complexity index is 850. The highest BCUT2D eigenvalue weighted by molar-refractivity contribution is 7.10. The summed E-state index contributed by atoms with van der Waals surface area (Å²) in [5.74, 6) is -2.11. The summed E-state index contributed by atoms with van der Waals surface area (Å²) >= 11 is 1.40. The number of hydrogen-bond acceptors (Lipinski definition) is 7. The molecule has 0 aliphatic heterocycles. The minimum absolute atomic E-state index is 0.105. The fourth-order valence-electron chi connectivity index (χ4n) is 2.40. The Hall–Kier alpha value is -3.20. The van der Waals surface area contributed by atoms with Crippen molar-refractivity contribution in [2.45, 2.75) is 19.4 Å². The second-order valence-corrected chi connectivity index (χ2v) is 6.70. The van der Waals surface area contributed by atoms with Crippen LogP contribution in [-0.4, -0.2) is 37.5 Å². The number of anilines is 1. The third kappa shape index (κ3) is 6.20.